The van der Waals surface area contributed by atoms with Gasteiger partial charge in [-0.2, -0.15) is 0 Å². The van der Waals surface area contributed by atoms with E-state index in [1.807, 2.05) is 0 Å². The third-order valence-electron chi connectivity index (χ3n) is 15.4. The SMILES string of the molecule is CCCCC/C=C\C/C=C\CCCCCCCCCC(=O)OCCCCCCCCCCCCCC/C=C\CCCCCCCCCCCCC(=O)NC(CO)C(O)CCCCCCCCCCCCCCCC. The maximum atomic E-state index is 12.5. The molecule has 6 heteroatoms. The summed E-state index contributed by atoms with van der Waals surface area (Å²) in [5.41, 5.74) is 0. The van der Waals surface area contributed by atoms with Crippen molar-refractivity contribution in [3.8, 4) is 0 Å². The van der Waals surface area contributed by atoms with Crippen LogP contribution >= 0.6 is 0 Å². The lowest BCUT2D eigenvalue weighted by Gasteiger charge is -2.22. The summed E-state index contributed by atoms with van der Waals surface area (Å²) in [6, 6.07) is -0.543. The molecule has 0 fully saturated rings. The van der Waals surface area contributed by atoms with Crippen molar-refractivity contribution in [3.63, 3.8) is 0 Å². The van der Waals surface area contributed by atoms with Gasteiger partial charge in [0.2, 0.25) is 5.91 Å². The molecule has 2 unspecified atom stereocenters. The van der Waals surface area contributed by atoms with E-state index in [4.69, 9.17) is 4.74 Å². The Bertz CT molecular complexity index is 1200. The second-order valence-electron chi connectivity index (χ2n) is 22.8. The summed E-state index contributed by atoms with van der Waals surface area (Å²) in [6.45, 7) is 4.94. The van der Waals surface area contributed by atoms with Gasteiger partial charge < -0.3 is 20.3 Å². The number of esters is 1. The first kappa shape index (κ1) is 72.1. The van der Waals surface area contributed by atoms with Gasteiger partial charge in [-0.3, -0.25) is 9.59 Å². The molecule has 74 heavy (non-hydrogen) atoms. The maximum Gasteiger partial charge on any atom is 0.305 e. The van der Waals surface area contributed by atoms with Gasteiger partial charge in [-0.05, 0) is 83.5 Å². The van der Waals surface area contributed by atoms with Crippen molar-refractivity contribution in [2.45, 2.75) is 373 Å². The molecule has 436 valence electrons. The molecule has 0 saturated heterocycles. The number of rotatable bonds is 62. The van der Waals surface area contributed by atoms with Crippen LogP contribution in [0.4, 0.5) is 0 Å². The Balaban J connectivity index is 3.38. The number of unbranched alkanes of at least 4 members (excludes halogenated alkanes) is 45. The third-order valence-corrected chi connectivity index (χ3v) is 15.4. The molecule has 0 aliphatic heterocycles. The predicted molar refractivity (Wildman–Crippen MR) is 324 cm³/mol. The van der Waals surface area contributed by atoms with Crippen molar-refractivity contribution in [2.24, 2.45) is 0 Å². The topological polar surface area (TPSA) is 95.9 Å². The maximum absolute atomic E-state index is 12.5. The second-order valence-corrected chi connectivity index (χ2v) is 22.8. The lowest BCUT2D eigenvalue weighted by molar-refractivity contribution is -0.143. The average Bonchev–Trinajstić information content (AvgIpc) is 3.40. The van der Waals surface area contributed by atoms with Crippen LogP contribution in [-0.2, 0) is 14.3 Å². The van der Waals surface area contributed by atoms with E-state index < -0.39 is 12.1 Å². The number of hydrogen-bond acceptors (Lipinski definition) is 5. The molecule has 3 N–H and O–H groups in total. The summed E-state index contributed by atoms with van der Waals surface area (Å²) in [4.78, 5) is 24.6. The van der Waals surface area contributed by atoms with Gasteiger partial charge in [0.15, 0.2) is 0 Å². The molecular formula is C68H129NO5. The second kappa shape index (κ2) is 63.6. The van der Waals surface area contributed by atoms with Crippen LogP contribution < -0.4 is 5.32 Å². The molecule has 0 bridgehead atoms. The van der Waals surface area contributed by atoms with Crippen LogP contribution in [0.1, 0.15) is 361 Å². The largest absolute Gasteiger partial charge is 0.466 e. The first-order valence-corrected chi connectivity index (χ1v) is 33.2. The van der Waals surface area contributed by atoms with Gasteiger partial charge in [0.25, 0.3) is 0 Å². The zero-order valence-electron chi connectivity index (χ0n) is 49.8. The van der Waals surface area contributed by atoms with Gasteiger partial charge in [-0.1, -0.05) is 301 Å². The number of carbonyl (C=O) groups is 2. The smallest absolute Gasteiger partial charge is 0.305 e. The number of allylic oxidation sites excluding steroid dienone is 6. The first-order valence-electron chi connectivity index (χ1n) is 33.2. The van der Waals surface area contributed by atoms with Crippen molar-refractivity contribution in [3.05, 3.63) is 36.5 Å². The van der Waals surface area contributed by atoms with Crippen LogP contribution in [0.25, 0.3) is 0 Å². The minimum absolute atomic E-state index is 0.00679. The van der Waals surface area contributed by atoms with Crippen LogP contribution in [-0.4, -0.2) is 47.4 Å². The van der Waals surface area contributed by atoms with Crippen molar-refractivity contribution in [1.82, 2.24) is 5.32 Å². The molecule has 0 rings (SSSR count). The standard InChI is InChI=1S/C68H129NO5/c1-3-5-7-9-11-13-15-17-19-30-34-38-42-46-50-54-58-62-68(73)74-63-59-55-51-47-43-39-35-32-29-27-25-23-21-20-22-24-26-28-31-33-37-41-45-49-53-57-61-67(72)69-65(64-70)66(71)60-56-52-48-44-40-36-18-16-14-12-10-8-6-4-2/h11,13,17,19-20,22,65-66,70-71H,3-10,12,14-16,18,21,23-64H2,1-2H3,(H,69,72)/b13-11-,19-17-,22-20-. The molecule has 0 radical (unpaired) electrons. The monoisotopic (exact) mass is 1040 g/mol. The number of carbonyl (C=O) groups excluding carboxylic acids is 2. The molecule has 1 amide bonds. The number of aliphatic hydroxyl groups is 2. The highest BCUT2D eigenvalue weighted by Gasteiger charge is 2.20. The molecule has 0 spiro atoms. The van der Waals surface area contributed by atoms with Crippen molar-refractivity contribution >= 4 is 11.9 Å². The fourth-order valence-corrected chi connectivity index (χ4v) is 10.3. The number of amides is 1. The van der Waals surface area contributed by atoms with E-state index in [0.717, 1.165) is 51.4 Å². The van der Waals surface area contributed by atoms with Gasteiger partial charge >= 0.3 is 5.97 Å². The molecule has 0 aliphatic rings. The minimum Gasteiger partial charge on any atom is -0.466 e. The Morgan fingerprint density at radius 2 is 0.676 bits per heavy atom. The van der Waals surface area contributed by atoms with E-state index in [1.165, 1.54) is 276 Å². The van der Waals surface area contributed by atoms with E-state index in [9.17, 15) is 19.8 Å². The molecule has 0 heterocycles. The summed E-state index contributed by atoms with van der Waals surface area (Å²) in [5.74, 6) is -0.0286. The first-order chi connectivity index (χ1) is 36.5. The Hall–Kier alpha value is -1.92. The van der Waals surface area contributed by atoms with Crippen molar-refractivity contribution in [2.75, 3.05) is 13.2 Å². The van der Waals surface area contributed by atoms with E-state index in [0.29, 0.717) is 25.9 Å². The van der Waals surface area contributed by atoms with Gasteiger partial charge in [-0.15, -0.1) is 0 Å². The molecule has 6 nitrogen and oxygen atoms in total. The fourth-order valence-electron chi connectivity index (χ4n) is 10.3. The third kappa shape index (κ3) is 59.3. The van der Waals surface area contributed by atoms with Crippen LogP contribution in [0.3, 0.4) is 0 Å². The zero-order valence-corrected chi connectivity index (χ0v) is 49.8. The molecular weight excluding hydrogens is 911 g/mol. The van der Waals surface area contributed by atoms with Gasteiger partial charge in [0, 0.05) is 12.8 Å². The van der Waals surface area contributed by atoms with Crippen LogP contribution in [0, 0.1) is 0 Å². The number of hydrogen-bond donors (Lipinski definition) is 3. The quantitative estimate of drug-likeness (QED) is 0.0320. The molecule has 0 saturated carbocycles. The normalized spacial score (nSPS) is 12.8. The molecule has 0 aromatic rings. The summed E-state index contributed by atoms with van der Waals surface area (Å²) in [6.07, 6.45) is 80.3. The molecule has 0 aliphatic carbocycles. The predicted octanol–water partition coefficient (Wildman–Crippen LogP) is 21.1. The summed E-state index contributed by atoms with van der Waals surface area (Å²) in [5, 5.41) is 23.3. The number of ether oxygens (including phenoxy) is 1. The fraction of sp³-hybridized carbons (Fsp3) is 0.882. The van der Waals surface area contributed by atoms with Crippen molar-refractivity contribution in [1.29, 1.82) is 0 Å². The Morgan fingerprint density at radius 3 is 1.07 bits per heavy atom. The lowest BCUT2D eigenvalue weighted by Crippen LogP contribution is -2.45. The highest BCUT2D eigenvalue weighted by molar-refractivity contribution is 5.76. The molecule has 0 aromatic heterocycles. The Labute approximate surface area is 462 Å². The van der Waals surface area contributed by atoms with E-state index in [2.05, 4.69) is 55.6 Å². The van der Waals surface area contributed by atoms with Crippen LogP contribution in [0.15, 0.2) is 36.5 Å². The summed E-state index contributed by atoms with van der Waals surface area (Å²) < 4.78 is 5.49. The minimum atomic E-state index is -0.665. The van der Waals surface area contributed by atoms with Crippen LogP contribution in [0.2, 0.25) is 0 Å². The van der Waals surface area contributed by atoms with Crippen LogP contribution in [0.5, 0.6) is 0 Å². The highest BCUT2D eigenvalue weighted by Crippen LogP contribution is 2.18. The van der Waals surface area contributed by atoms with Crippen molar-refractivity contribution < 1.29 is 24.5 Å². The zero-order chi connectivity index (χ0) is 53.6. The van der Waals surface area contributed by atoms with E-state index >= 15 is 0 Å². The van der Waals surface area contributed by atoms with Gasteiger partial charge in [-0.25, -0.2) is 0 Å². The molecule has 0 aromatic carbocycles. The number of aliphatic hydroxyl groups excluding tert-OH is 2. The number of nitrogens with one attached hydrogen (secondary N) is 1. The van der Waals surface area contributed by atoms with Gasteiger partial charge in [0.1, 0.15) is 0 Å². The Kier molecular flexibility index (Phi) is 62.0. The van der Waals surface area contributed by atoms with E-state index in [1.54, 1.807) is 0 Å². The van der Waals surface area contributed by atoms with Gasteiger partial charge in [0.05, 0.1) is 25.4 Å². The highest BCUT2D eigenvalue weighted by atomic mass is 16.5. The summed E-state index contributed by atoms with van der Waals surface area (Å²) in [7, 11) is 0. The summed E-state index contributed by atoms with van der Waals surface area (Å²) >= 11 is 0. The lowest BCUT2D eigenvalue weighted by atomic mass is 10.0. The average molecular weight is 1040 g/mol. The molecule has 2 atom stereocenters. The Morgan fingerprint density at radius 1 is 0.378 bits per heavy atom. The van der Waals surface area contributed by atoms with E-state index in [-0.39, 0.29) is 18.5 Å².